The third-order valence-electron chi connectivity index (χ3n) is 3.70. The molecule has 1 amide bonds. The molecule has 4 nitrogen and oxygen atoms in total. The molecule has 2 aromatic carbocycles. The van der Waals surface area contributed by atoms with Crippen LogP contribution in [-0.2, 0) is 10.3 Å². The van der Waals surface area contributed by atoms with Crippen LogP contribution in [0.4, 0.5) is 5.69 Å². The van der Waals surface area contributed by atoms with Crippen molar-refractivity contribution in [2.45, 2.75) is 32.2 Å². The summed E-state index contributed by atoms with van der Waals surface area (Å²) in [7, 11) is 0. The van der Waals surface area contributed by atoms with Crippen LogP contribution in [0.3, 0.4) is 0 Å². The van der Waals surface area contributed by atoms with Gasteiger partial charge >= 0.3 is 0 Å². The lowest BCUT2D eigenvalue weighted by Gasteiger charge is -2.24. The summed E-state index contributed by atoms with van der Waals surface area (Å²) in [6, 6.07) is 16.7. The fraction of sp³-hybridized carbons (Fsp3) is 0.316. The van der Waals surface area contributed by atoms with Gasteiger partial charge in [0.15, 0.2) is 0 Å². The van der Waals surface area contributed by atoms with Crippen LogP contribution in [0.15, 0.2) is 54.6 Å². The highest BCUT2D eigenvalue weighted by molar-refractivity contribution is 5.98. The van der Waals surface area contributed by atoms with Crippen LogP contribution in [-0.4, -0.2) is 12.5 Å². The van der Waals surface area contributed by atoms with Crippen LogP contribution >= 0.6 is 0 Å². The van der Waals surface area contributed by atoms with Crippen LogP contribution in [0.25, 0.3) is 0 Å². The molecule has 0 radical (unpaired) electrons. The van der Waals surface area contributed by atoms with E-state index >= 15 is 0 Å². The Morgan fingerprint density at radius 1 is 1.17 bits per heavy atom. The summed E-state index contributed by atoms with van der Waals surface area (Å²) in [6.45, 7) is 4.50. The van der Waals surface area contributed by atoms with E-state index in [1.165, 1.54) is 0 Å². The first-order valence-electron chi connectivity index (χ1n) is 7.92. The molecule has 1 atom stereocenters. The summed E-state index contributed by atoms with van der Waals surface area (Å²) < 4.78 is 5.66. The molecule has 3 N–H and O–H groups in total. The Kier molecular flexibility index (Phi) is 5.77. The highest BCUT2D eigenvalue weighted by Gasteiger charge is 2.30. The third-order valence-corrected chi connectivity index (χ3v) is 3.70. The fourth-order valence-corrected chi connectivity index (χ4v) is 2.17. The number of rotatable bonds is 7. The van der Waals surface area contributed by atoms with E-state index in [1.54, 1.807) is 6.92 Å². The van der Waals surface area contributed by atoms with Gasteiger partial charge in [-0.05, 0) is 31.0 Å². The van der Waals surface area contributed by atoms with E-state index in [2.05, 4.69) is 12.2 Å². The minimum absolute atomic E-state index is 0.255. The second kappa shape index (κ2) is 7.79. The van der Waals surface area contributed by atoms with Gasteiger partial charge in [-0.3, -0.25) is 4.79 Å². The van der Waals surface area contributed by atoms with Crippen LogP contribution in [0.1, 0.15) is 32.3 Å². The summed E-state index contributed by atoms with van der Waals surface area (Å²) in [5, 5.41) is 2.87. The van der Waals surface area contributed by atoms with Crippen molar-refractivity contribution < 1.29 is 9.53 Å². The van der Waals surface area contributed by atoms with Crippen molar-refractivity contribution in [3.63, 3.8) is 0 Å². The Morgan fingerprint density at radius 2 is 1.91 bits per heavy atom. The van der Waals surface area contributed by atoms with E-state index < -0.39 is 5.54 Å². The predicted octanol–water partition coefficient (Wildman–Crippen LogP) is 3.68. The number of hydrogen-bond acceptors (Lipinski definition) is 3. The fourth-order valence-electron chi connectivity index (χ4n) is 2.17. The molecule has 4 heteroatoms. The largest absolute Gasteiger partial charge is 0.494 e. The summed E-state index contributed by atoms with van der Waals surface area (Å²) >= 11 is 0. The second-order valence-electron chi connectivity index (χ2n) is 5.75. The number of amides is 1. The molecular formula is C19H24N2O2. The molecule has 0 aliphatic carbocycles. The molecule has 0 spiro atoms. The molecule has 0 fully saturated rings. The van der Waals surface area contributed by atoms with Gasteiger partial charge in [0.25, 0.3) is 0 Å². The van der Waals surface area contributed by atoms with E-state index in [0.29, 0.717) is 12.3 Å². The molecule has 1 unspecified atom stereocenters. The van der Waals surface area contributed by atoms with E-state index in [1.807, 2.05) is 54.6 Å². The van der Waals surface area contributed by atoms with Gasteiger partial charge in [0.2, 0.25) is 5.91 Å². The van der Waals surface area contributed by atoms with Gasteiger partial charge < -0.3 is 15.8 Å². The average molecular weight is 312 g/mol. The second-order valence-corrected chi connectivity index (χ2v) is 5.75. The van der Waals surface area contributed by atoms with E-state index in [0.717, 1.165) is 24.2 Å². The summed E-state index contributed by atoms with van der Waals surface area (Å²) in [5.41, 5.74) is 6.57. The molecule has 0 heterocycles. The average Bonchev–Trinajstić information content (AvgIpc) is 2.56. The maximum atomic E-state index is 12.5. The van der Waals surface area contributed by atoms with Crippen LogP contribution < -0.4 is 15.8 Å². The molecule has 0 aliphatic rings. The third kappa shape index (κ3) is 4.57. The number of nitrogens with two attached hydrogens (primary N) is 1. The molecule has 0 aliphatic heterocycles. The first kappa shape index (κ1) is 17.0. The number of hydrogen-bond donors (Lipinski definition) is 2. The molecule has 0 bridgehead atoms. The Balaban J connectivity index is 2.06. The lowest BCUT2D eigenvalue weighted by Crippen LogP contribution is -2.45. The van der Waals surface area contributed by atoms with E-state index in [4.69, 9.17) is 10.5 Å². The number of ether oxygens (including phenoxy) is 1. The Labute approximate surface area is 137 Å². The van der Waals surface area contributed by atoms with E-state index in [9.17, 15) is 4.79 Å². The van der Waals surface area contributed by atoms with Crippen LogP contribution in [0.5, 0.6) is 5.75 Å². The summed E-state index contributed by atoms with van der Waals surface area (Å²) in [4.78, 5) is 12.5. The van der Waals surface area contributed by atoms with E-state index in [-0.39, 0.29) is 5.91 Å². The van der Waals surface area contributed by atoms with Gasteiger partial charge in [-0.1, -0.05) is 49.7 Å². The maximum Gasteiger partial charge on any atom is 0.248 e. The zero-order chi connectivity index (χ0) is 16.7. The van der Waals surface area contributed by atoms with Crippen molar-refractivity contribution in [2.75, 3.05) is 11.9 Å². The highest BCUT2D eigenvalue weighted by Crippen LogP contribution is 2.22. The van der Waals surface area contributed by atoms with Crippen molar-refractivity contribution in [3.05, 3.63) is 60.2 Å². The lowest BCUT2D eigenvalue weighted by atomic mass is 9.92. The minimum Gasteiger partial charge on any atom is -0.494 e. The molecule has 0 saturated heterocycles. The molecule has 2 aromatic rings. The Morgan fingerprint density at radius 3 is 2.61 bits per heavy atom. The topological polar surface area (TPSA) is 64.3 Å². The predicted molar refractivity (Wildman–Crippen MR) is 93.5 cm³/mol. The van der Waals surface area contributed by atoms with Crippen LogP contribution in [0, 0.1) is 0 Å². The van der Waals surface area contributed by atoms with Crippen molar-refractivity contribution >= 4 is 11.6 Å². The quantitative estimate of drug-likeness (QED) is 0.767. The molecule has 0 aromatic heterocycles. The van der Waals surface area contributed by atoms with Gasteiger partial charge in [0.05, 0.1) is 6.61 Å². The van der Waals surface area contributed by atoms with Crippen LogP contribution in [0.2, 0.25) is 0 Å². The van der Waals surface area contributed by atoms with Gasteiger partial charge in [-0.25, -0.2) is 0 Å². The molecular weight excluding hydrogens is 288 g/mol. The van der Waals surface area contributed by atoms with Gasteiger partial charge in [-0.15, -0.1) is 0 Å². The number of benzene rings is 2. The maximum absolute atomic E-state index is 12.5. The smallest absolute Gasteiger partial charge is 0.248 e. The Bertz CT molecular complexity index is 639. The number of carbonyl (C=O) groups excluding carboxylic acids is 1. The van der Waals surface area contributed by atoms with Crippen molar-refractivity contribution in [1.82, 2.24) is 0 Å². The normalized spacial score (nSPS) is 13.2. The summed E-state index contributed by atoms with van der Waals surface area (Å²) in [5.74, 6) is 0.490. The lowest BCUT2D eigenvalue weighted by molar-refractivity contribution is -0.120. The first-order valence-corrected chi connectivity index (χ1v) is 7.92. The molecule has 2 rings (SSSR count). The van der Waals surface area contributed by atoms with Gasteiger partial charge in [-0.2, -0.15) is 0 Å². The number of carbonyl (C=O) groups is 1. The zero-order valence-corrected chi connectivity index (χ0v) is 13.7. The number of unbranched alkanes of at least 4 members (excludes halogenated alkanes) is 1. The summed E-state index contributed by atoms with van der Waals surface area (Å²) in [6.07, 6.45) is 2.09. The number of nitrogens with one attached hydrogen (secondary N) is 1. The minimum atomic E-state index is -1.10. The molecule has 23 heavy (non-hydrogen) atoms. The van der Waals surface area contributed by atoms with Crippen molar-refractivity contribution in [3.8, 4) is 5.75 Å². The van der Waals surface area contributed by atoms with Gasteiger partial charge in [0, 0.05) is 11.8 Å². The SMILES string of the molecule is CCCCOc1cccc(NC(=O)C(C)(N)c2ccccc2)c1. The van der Waals surface area contributed by atoms with Crippen molar-refractivity contribution in [1.29, 1.82) is 0 Å². The zero-order valence-electron chi connectivity index (χ0n) is 13.7. The Hall–Kier alpha value is -2.33. The monoisotopic (exact) mass is 312 g/mol. The number of anilines is 1. The molecule has 0 saturated carbocycles. The first-order chi connectivity index (χ1) is 11.0. The van der Waals surface area contributed by atoms with Crippen molar-refractivity contribution in [2.24, 2.45) is 5.73 Å². The molecule has 122 valence electrons. The van der Waals surface area contributed by atoms with Gasteiger partial charge in [0.1, 0.15) is 11.3 Å². The standard InChI is InChI=1S/C19H24N2O2/c1-3-4-13-23-17-12-8-11-16(14-17)21-18(22)19(2,20)15-9-6-5-7-10-15/h5-12,14H,3-4,13,20H2,1-2H3,(H,21,22). The highest BCUT2D eigenvalue weighted by atomic mass is 16.5.